The fourth-order valence-electron chi connectivity index (χ4n) is 2.84. The van der Waals surface area contributed by atoms with Gasteiger partial charge < -0.3 is 14.0 Å². The Kier molecular flexibility index (Phi) is 7.67. The molecule has 1 aliphatic rings. The highest BCUT2D eigenvalue weighted by molar-refractivity contribution is 7.85. The molecule has 0 aliphatic carbocycles. The second kappa shape index (κ2) is 9.36. The van der Waals surface area contributed by atoms with Gasteiger partial charge in [-0.3, -0.25) is 4.18 Å². The summed E-state index contributed by atoms with van der Waals surface area (Å²) in [4.78, 5) is 4.04. The van der Waals surface area contributed by atoms with Crippen LogP contribution in [0.15, 0.2) is 43.0 Å². The Balaban J connectivity index is 0.00000261. The van der Waals surface area contributed by atoms with E-state index in [0.29, 0.717) is 18.0 Å². The second-order valence-electron chi connectivity index (χ2n) is 6.31. The van der Waals surface area contributed by atoms with E-state index in [0.717, 1.165) is 18.2 Å². The van der Waals surface area contributed by atoms with Gasteiger partial charge in [0.05, 0.1) is 32.3 Å². The maximum atomic E-state index is 11.2. The molecule has 2 unspecified atom stereocenters. The number of hydrogen-bond acceptors (Lipinski definition) is 6. The minimum absolute atomic E-state index is 0. The van der Waals surface area contributed by atoms with Crippen LogP contribution in [-0.2, 0) is 36.7 Å². The van der Waals surface area contributed by atoms with Crippen LogP contribution in [0.25, 0.3) is 0 Å². The third-order valence-corrected chi connectivity index (χ3v) is 4.89. The van der Waals surface area contributed by atoms with Crippen molar-refractivity contribution in [1.82, 2.24) is 9.55 Å². The van der Waals surface area contributed by atoms with Crippen LogP contribution in [0.1, 0.15) is 12.0 Å². The van der Waals surface area contributed by atoms with Crippen LogP contribution < -0.4 is 0 Å². The summed E-state index contributed by atoms with van der Waals surface area (Å²) in [6.07, 6.45) is 7.11. The number of rotatable bonds is 8. The number of aryl methyl sites for hydroxylation is 1. The number of nitrogens with zero attached hydrogens (tertiary/aromatic N) is 2. The summed E-state index contributed by atoms with van der Waals surface area (Å²) in [5, 5.41) is 0.688. The first-order valence-electron chi connectivity index (χ1n) is 8.20. The molecule has 150 valence electrons. The molecule has 1 fully saturated rings. The van der Waals surface area contributed by atoms with E-state index in [-0.39, 0.29) is 25.6 Å². The molecule has 0 radical (unpaired) electrons. The molecule has 0 saturated carbocycles. The first-order valence-corrected chi connectivity index (χ1v) is 10.4. The van der Waals surface area contributed by atoms with Gasteiger partial charge >= 0.3 is 0 Å². The molecule has 1 aromatic heterocycles. The van der Waals surface area contributed by atoms with Crippen molar-refractivity contribution in [1.29, 1.82) is 0 Å². The van der Waals surface area contributed by atoms with Gasteiger partial charge in [0.2, 0.25) is 0 Å². The van der Waals surface area contributed by atoms with E-state index in [2.05, 4.69) is 4.98 Å². The lowest BCUT2D eigenvalue weighted by atomic mass is 10.0. The monoisotopic (exact) mass is 436 g/mol. The van der Waals surface area contributed by atoms with Crippen LogP contribution in [0, 0.1) is 0 Å². The summed E-state index contributed by atoms with van der Waals surface area (Å²) in [6, 6.07) is 7.62. The SMILES string of the molecule is CS(=O)(=O)OCC1COC(CCc2ccc(Cl)cc2)(Cn2ccnc2)O1.Cl. The van der Waals surface area contributed by atoms with Gasteiger partial charge in [-0.15, -0.1) is 12.4 Å². The number of benzene rings is 1. The van der Waals surface area contributed by atoms with Gasteiger partial charge in [0, 0.05) is 23.8 Å². The van der Waals surface area contributed by atoms with Crippen LogP contribution in [-0.4, -0.2) is 49.3 Å². The van der Waals surface area contributed by atoms with Gasteiger partial charge in [0.1, 0.15) is 6.10 Å². The van der Waals surface area contributed by atoms with Gasteiger partial charge in [-0.05, 0) is 24.1 Å². The van der Waals surface area contributed by atoms with Gasteiger partial charge in [-0.25, -0.2) is 4.98 Å². The third kappa shape index (κ3) is 6.74. The lowest BCUT2D eigenvalue weighted by molar-refractivity contribution is -0.184. The quantitative estimate of drug-likeness (QED) is 0.591. The Hall–Kier alpha value is -1.16. The Morgan fingerprint density at radius 2 is 2.11 bits per heavy atom. The minimum atomic E-state index is -3.52. The maximum absolute atomic E-state index is 11.2. The van der Waals surface area contributed by atoms with Crippen molar-refractivity contribution < 1.29 is 22.1 Å². The zero-order valence-corrected chi connectivity index (χ0v) is 17.2. The van der Waals surface area contributed by atoms with Crippen LogP contribution in [0.4, 0.5) is 0 Å². The molecule has 1 saturated heterocycles. The molecule has 0 spiro atoms. The zero-order valence-electron chi connectivity index (χ0n) is 14.8. The van der Waals surface area contributed by atoms with E-state index in [1.54, 1.807) is 12.5 Å². The lowest BCUT2D eigenvalue weighted by Crippen LogP contribution is -2.37. The van der Waals surface area contributed by atoms with Gasteiger partial charge in [-0.2, -0.15) is 8.42 Å². The number of imidazole rings is 1. The average Bonchev–Trinajstić information content (AvgIpc) is 3.23. The van der Waals surface area contributed by atoms with Crippen molar-refractivity contribution in [3.05, 3.63) is 53.6 Å². The molecule has 27 heavy (non-hydrogen) atoms. The predicted molar refractivity (Wildman–Crippen MR) is 104 cm³/mol. The van der Waals surface area contributed by atoms with Gasteiger partial charge in [0.25, 0.3) is 10.1 Å². The van der Waals surface area contributed by atoms with Crippen LogP contribution in [0.3, 0.4) is 0 Å². The summed E-state index contributed by atoms with van der Waals surface area (Å²) >= 11 is 5.93. The van der Waals surface area contributed by atoms with Crippen molar-refractivity contribution in [2.45, 2.75) is 31.3 Å². The van der Waals surface area contributed by atoms with Gasteiger partial charge in [0.15, 0.2) is 5.79 Å². The summed E-state index contributed by atoms with van der Waals surface area (Å²) in [7, 11) is -3.52. The zero-order chi connectivity index (χ0) is 18.6. The van der Waals surface area contributed by atoms with Crippen molar-refractivity contribution in [2.75, 3.05) is 19.5 Å². The Morgan fingerprint density at radius 1 is 1.37 bits per heavy atom. The molecular formula is C17H22Cl2N2O5S. The standard InChI is InChI=1S/C17H21ClN2O5S.ClH/c1-26(21,22)24-11-16-10-23-17(25-16,12-20-9-8-19-13-20)7-6-14-2-4-15(18)5-3-14;/h2-5,8-9,13,16H,6-7,10-12H2,1H3;1H. The fraction of sp³-hybridized carbons (Fsp3) is 0.471. The molecule has 1 aliphatic heterocycles. The topological polar surface area (TPSA) is 79.7 Å². The third-order valence-electron chi connectivity index (χ3n) is 4.07. The lowest BCUT2D eigenvalue weighted by Gasteiger charge is -2.28. The van der Waals surface area contributed by atoms with Crippen molar-refractivity contribution in [2.24, 2.45) is 0 Å². The molecule has 0 bridgehead atoms. The molecule has 2 atom stereocenters. The van der Waals surface area contributed by atoms with Gasteiger partial charge in [-0.1, -0.05) is 23.7 Å². The van der Waals surface area contributed by atoms with Crippen LogP contribution >= 0.6 is 24.0 Å². The first kappa shape index (κ1) is 22.1. The summed E-state index contributed by atoms with van der Waals surface area (Å²) < 4.78 is 41.2. The highest BCUT2D eigenvalue weighted by atomic mass is 35.5. The predicted octanol–water partition coefficient (Wildman–Crippen LogP) is 2.68. The van der Waals surface area contributed by atoms with Crippen molar-refractivity contribution in [3.8, 4) is 0 Å². The Morgan fingerprint density at radius 3 is 2.74 bits per heavy atom. The molecular weight excluding hydrogens is 415 g/mol. The average molecular weight is 437 g/mol. The Bertz CT molecular complexity index is 814. The van der Waals surface area contributed by atoms with E-state index in [4.69, 9.17) is 25.3 Å². The smallest absolute Gasteiger partial charge is 0.264 e. The van der Waals surface area contributed by atoms with E-state index in [1.165, 1.54) is 0 Å². The number of ether oxygens (including phenoxy) is 2. The Labute approximate surface area is 170 Å². The first-order chi connectivity index (χ1) is 12.3. The molecule has 10 heteroatoms. The molecule has 7 nitrogen and oxygen atoms in total. The summed E-state index contributed by atoms with van der Waals surface area (Å²) in [6.45, 7) is 0.659. The normalized spacial score (nSPS) is 22.5. The minimum Gasteiger partial charge on any atom is -0.345 e. The molecule has 3 rings (SSSR count). The van der Waals surface area contributed by atoms with Crippen LogP contribution in [0.5, 0.6) is 0 Å². The molecule has 2 aromatic rings. The molecule has 1 aromatic carbocycles. The number of halogens is 2. The highest BCUT2D eigenvalue weighted by Gasteiger charge is 2.42. The molecule has 0 N–H and O–H groups in total. The maximum Gasteiger partial charge on any atom is 0.264 e. The molecule has 0 amide bonds. The van der Waals surface area contributed by atoms with Crippen LogP contribution in [0.2, 0.25) is 5.02 Å². The van der Waals surface area contributed by atoms with E-state index < -0.39 is 22.0 Å². The van der Waals surface area contributed by atoms with Crippen molar-refractivity contribution >= 4 is 34.1 Å². The number of hydrogen-bond donors (Lipinski definition) is 0. The highest BCUT2D eigenvalue weighted by Crippen LogP contribution is 2.31. The second-order valence-corrected chi connectivity index (χ2v) is 8.39. The fourth-order valence-corrected chi connectivity index (χ4v) is 3.36. The van der Waals surface area contributed by atoms with Crippen molar-refractivity contribution in [3.63, 3.8) is 0 Å². The van der Waals surface area contributed by atoms with E-state index in [1.807, 2.05) is 35.0 Å². The molecule has 2 heterocycles. The largest absolute Gasteiger partial charge is 0.345 e. The summed E-state index contributed by atoms with van der Waals surface area (Å²) in [5.74, 6) is -0.869. The number of aromatic nitrogens is 2. The summed E-state index contributed by atoms with van der Waals surface area (Å²) in [5.41, 5.74) is 1.11. The van der Waals surface area contributed by atoms with E-state index >= 15 is 0 Å². The van der Waals surface area contributed by atoms with E-state index in [9.17, 15) is 8.42 Å².